The molecule has 5 heterocycles. The third-order valence-corrected chi connectivity index (χ3v) is 7.02. The maximum absolute atomic E-state index is 13.5. The molecule has 9 nitrogen and oxygen atoms in total. The van der Waals surface area contributed by atoms with Gasteiger partial charge in [0.15, 0.2) is 5.82 Å². The van der Waals surface area contributed by atoms with Gasteiger partial charge in [0.05, 0.1) is 39.8 Å². The summed E-state index contributed by atoms with van der Waals surface area (Å²) in [7, 11) is 0. The van der Waals surface area contributed by atoms with Gasteiger partial charge in [0, 0.05) is 23.5 Å². The summed E-state index contributed by atoms with van der Waals surface area (Å²) in [5, 5.41) is 17.7. The summed E-state index contributed by atoms with van der Waals surface area (Å²) in [6.07, 6.45) is 7.46. The highest BCUT2D eigenvalue weighted by atomic mass is 35.5. The van der Waals surface area contributed by atoms with Gasteiger partial charge in [-0.2, -0.15) is 15.0 Å². The van der Waals surface area contributed by atoms with Crippen molar-refractivity contribution in [3.63, 3.8) is 0 Å². The summed E-state index contributed by atoms with van der Waals surface area (Å²) in [4.78, 5) is 31.7. The highest BCUT2D eigenvalue weighted by Crippen LogP contribution is 2.32. The molecule has 1 N–H and O–H groups in total. The van der Waals surface area contributed by atoms with E-state index < -0.39 is 11.5 Å². The van der Waals surface area contributed by atoms with E-state index in [9.17, 15) is 14.9 Å². The second-order valence-electron chi connectivity index (χ2n) is 7.80. The molecular weight excluding hydrogens is 535 g/mol. The predicted octanol–water partition coefficient (Wildman–Crippen LogP) is 5.29. The Bertz CT molecular complexity index is 1680. The number of aromatic nitrogens is 4. The van der Waals surface area contributed by atoms with Crippen molar-refractivity contribution in [2.45, 2.75) is 13.1 Å². The van der Waals surface area contributed by atoms with Crippen LogP contribution in [0.2, 0.25) is 9.36 Å². The van der Waals surface area contributed by atoms with Gasteiger partial charge in [0.25, 0.3) is 11.5 Å². The minimum atomic E-state index is -0.549. The number of nitrogens with one attached hydrogen (secondary N) is 1. The Balaban J connectivity index is 1.64. The summed E-state index contributed by atoms with van der Waals surface area (Å²) >= 11 is 13.9. The van der Waals surface area contributed by atoms with Gasteiger partial charge in [0.2, 0.25) is 0 Å². The topological polar surface area (TPSA) is 119 Å². The number of rotatable bonds is 7. The summed E-state index contributed by atoms with van der Waals surface area (Å²) in [6, 6.07) is 12.3. The number of carbonyl (C=O) groups is 1. The molecule has 5 aromatic rings. The van der Waals surface area contributed by atoms with Crippen molar-refractivity contribution < 1.29 is 9.21 Å². The van der Waals surface area contributed by atoms with Crippen LogP contribution in [0.15, 0.2) is 76.7 Å². The third kappa shape index (κ3) is 4.93. The van der Waals surface area contributed by atoms with Crippen LogP contribution in [-0.4, -0.2) is 25.2 Å². The van der Waals surface area contributed by atoms with Gasteiger partial charge in [-0.15, -0.1) is 11.3 Å². The molecule has 0 aliphatic carbocycles. The summed E-state index contributed by atoms with van der Waals surface area (Å²) in [6.45, 7) is 0.525. The summed E-state index contributed by atoms with van der Waals surface area (Å²) in [5.74, 6) is -0.430. The van der Waals surface area contributed by atoms with Crippen LogP contribution in [-0.2, 0) is 13.1 Å². The average Bonchev–Trinajstić information content (AvgIpc) is 3.65. The molecule has 0 amide bonds. The standard InChI is InChI=1S/C25H16Cl2N6O3S/c26-19-5-9-32(13-15-3-7-29-8-4-15)25(35)21(19)22-18(11-28)23(30-12-17-1-2-20(27)37-17)33(31-22)24(34)16-6-10-36-14-16/h1-10,14,30H,12-13H2. The quantitative estimate of drug-likeness (QED) is 0.292. The second kappa shape index (κ2) is 10.4. The zero-order valence-corrected chi connectivity index (χ0v) is 21.2. The number of thiophene rings is 1. The Kier molecular flexibility index (Phi) is 6.92. The van der Waals surface area contributed by atoms with Crippen molar-refractivity contribution in [2.24, 2.45) is 0 Å². The van der Waals surface area contributed by atoms with Crippen molar-refractivity contribution in [1.29, 1.82) is 5.26 Å². The largest absolute Gasteiger partial charge is 0.472 e. The molecule has 12 heteroatoms. The molecule has 0 aliphatic rings. The zero-order valence-electron chi connectivity index (χ0n) is 18.9. The van der Waals surface area contributed by atoms with E-state index in [2.05, 4.69) is 21.5 Å². The van der Waals surface area contributed by atoms with E-state index in [4.69, 9.17) is 27.6 Å². The highest BCUT2D eigenvalue weighted by molar-refractivity contribution is 7.16. The molecule has 5 aromatic heterocycles. The molecule has 37 heavy (non-hydrogen) atoms. The van der Waals surface area contributed by atoms with Gasteiger partial charge in [-0.3, -0.25) is 14.6 Å². The van der Waals surface area contributed by atoms with Gasteiger partial charge in [-0.1, -0.05) is 23.2 Å². The molecular formula is C25H16Cl2N6O3S. The molecule has 0 fully saturated rings. The first kappa shape index (κ1) is 24.5. The number of hydrogen-bond acceptors (Lipinski definition) is 8. The lowest BCUT2D eigenvalue weighted by Gasteiger charge is -2.09. The zero-order chi connectivity index (χ0) is 25.9. The Labute approximate surface area is 224 Å². The van der Waals surface area contributed by atoms with E-state index in [1.54, 1.807) is 42.9 Å². The molecule has 0 atom stereocenters. The molecule has 0 saturated carbocycles. The van der Waals surface area contributed by atoms with Crippen LogP contribution in [0.5, 0.6) is 0 Å². The fourth-order valence-corrected chi connectivity index (χ4v) is 4.97. The van der Waals surface area contributed by atoms with Crippen LogP contribution in [0.25, 0.3) is 11.3 Å². The number of pyridine rings is 2. The lowest BCUT2D eigenvalue weighted by Crippen LogP contribution is -2.22. The molecule has 0 aromatic carbocycles. The number of halogens is 2. The smallest absolute Gasteiger partial charge is 0.283 e. The molecule has 184 valence electrons. The Morgan fingerprint density at radius 1 is 1.16 bits per heavy atom. The summed E-state index contributed by atoms with van der Waals surface area (Å²) < 4.78 is 8.15. The first-order valence-corrected chi connectivity index (χ1v) is 12.4. The first-order chi connectivity index (χ1) is 18.0. The van der Waals surface area contributed by atoms with E-state index in [0.29, 0.717) is 4.34 Å². The van der Waals surface area contributed by atoms with Crippen LogP contribution in [0, 0.1) is 11.3 Å². The van der Waals surface area contributed by atoms with Crippen LogP contribution < -0.4 is 10.9 Å². The highest BCUT2D eigenvalue weighted by Gasteiger charge is 2.27. The molecule has 0 aliphatic heterocycles. The van der Waals surface area contributed by atoms with E-state index >= 15 is 0 Å². The van der Waals surface area contributed by atoms with Crippen molar-refractivity contribution >= 4 is 46.3 Å². The fraction of sp³-hybridized carbons (Fsp3) is 0.0800. The average molecular weight is 551 g/mol. The lowest BCUT2D eigenvalue weighted by atomic mass is 10.1. The molecule has 0 unspecified atom stereocenters. The van der Waals surface area contributed by atoms with Crippen molar-refractivity contribution in [3.05, 3.63) is 109 Å². The van der Waals surface area contributed by atoms with Gasteiger partial charge >= 0.3 is 0 Å². The van der Waals surface area contributed by atoms with E-state index in [-0.39, 0.29) is 46.3 Å². The number of hydrogen-bond donors (Lipinski definition) is 1. The van der Waals surface area contributed by atoms with Gasteiger partial charge < -0.3 is 14.3 Å². The van der Waals surface area contributed by atoms with Gasteiger partial charge in [-0.25, -0.2) is 0 Å². The van der Waals surface area contributed by atoms with Crippen molar-refractivity contribution in [1.82, 2.24) is 19.3 Å². The van der Waals surface area contributed by atoms with Crippen molar-refractivity contribution in [2.75, 3.05) is 5.32 Å². The first-order valence-electron chi connectivity index (χ1n) is 10.8. The number of furan rings is 1. The fourth-order valence-electron chi connectivity index (χ4n) is 3.71. The monoisotopic (exact) mass is 550 g/mol. The number of nitrogens with zero attached hydrogens (tertiary/aromatic N) is 5. The summed E-state index contributed by atoms with van der Waals surface area (Å²) in [5.41, 5.74) is 0.609. The van der Waals surface area contributed by atoms with E-state index in [0.717, 1.165) is 15.1 Å². The minimum Gasteiger partial charge on any atom is -0.472 e. The third-order valence-electron chi connectivity index (χ3n) is 5.47. The van der Waals surface area contributed by atoms with Crippen LogP contribution in [0.1, 0.15) is 26.4 Å². The maximum Gasteiger partial charge on any atom is 0.283 e. The molecule has 5 rings (SSSR count). The van der Waals surface area contributed by atoms with E-state index in [1.807, 2.05) is 6.07 Å². The number of carbonyl (C=O) groups excluding carboxylic acids is 1. The Morgan fingerprint density at radius 3 is 2.65 bits per heavy atom. The van der Waals surface area contributed by atoms with Gasteiger partial charge in [0.1, 0.15) is 23.6 Å². The predicted molar refractivity (Wildman–Crippen MR) is 140 cm³/mol. The van der Waals surface area contributed by atoms with Crippen LogP contribution in [0.4, 0.5) is 5.82 Å². The maximum atomic E-state index is 13.5. The van der Waals surface area contributed by atoms with E-state index in [1.165, 1.54) is 34.5 Å². The molecule has 0 radical (unpaired) electrons. The lowest BCUT2D eigenvalue weighted by molar-refractivity contribution is 0.0947. The molecule has 0 spiro atoms. The minimum absolute atomic E-state index is 0.000147. The normalized spacial score (nSPS) is 10.8. The van der Waals surface area contributed by atoms with Crippen molar-refractivity contribution in [3.8, 4) is 17.3 Å². The SMILES string of the molecule is N#Cc1c(-c2c(Cl)ccn(Cc3ccncc3)c2=O)nn(C(=O)c2ccoc2)c1NCc1ccc(Cl)s1. The Morgan fingerprint density at radius 2 is 1.97 bits per heavy atom. The molecule has 0 saturated heterocycles. The number of nitriles is 1. The number of anilines is 1. The van der Waals surface area contributed by atoms with Crippen LogP contribution in [0.3, 0.4) is 0 Å². The second-order valence-corrected chi connectivity index (χ2v) is 10.0. The van der Waals surface area contributed by atoms with Gasteiger partial charge in [-0.05, 0) is 42.0 Å². The Hall–Kier alpha value is -4.17. The van der Waals surface area contributed by atoms with Crippen LogP contribution >= 0.6 is 34.5 Å². The molecule has 0 bridgehead atoms.